The average Bonchev–Trinajstić information content (AvgIpc) is 2.90. The number of thioether (sulfide) groups is 1. The summed E-state index contributed by atoms with van der Waals surface area (Å²) in [6.45, 7) is 2.20. The highest BCUT2D eigenvalue weighted by Crippen LogP contribution is 2.33. The summed E-state index contributed by atoms with van der Waals surface area (Å²) in [7, 11) is 0. The van der Waals surface area contributed by atoms with Crippen molar-refractivity contribution in [3.05, 3.63) is 23.8 Å². The van der Waals surface area contributed by atoms with E-state index in [4.69, 9.17) is 10.5 Å². The number of carbonyl (C=O) groups is 1. The minimum Gasteiger partial charge on any atom is -0.462 e. The summed E-state index contributed by atoms with van der Waals surface area (Å²) in [6, 6.07) is 5.50. The smallest absolute Gasteiger partial charge is 0.339 e. The van der Waals surface area contributed by atoms with Crippen LogP contribution in [0.1, 0.15) is 43.0 Å². The molecule has 2 N–H and O–H groups in total. The molecule has 0 radical (unpaired) electrons. The molecule has 0 saturated heterocycles. The molecule has 1 fully saturated rings. The molecule has 3 nitrogen and oxygen atoms in total. The maximum Gasteiger partial charge on any atom is 0.339 e. The van der Waals surface area contributed by atoms with E-state index in [0.29, 0.717) is 17.9 Å². The Hall–Kier alpha value is -1.16. The van der Waals surface area contributed by atoms with Crippen LogP contribution in [0.3, 0.4) is 0 Å². The number of hydrogen-bond donors (Lipinski definition) is 1. The highest BCUT2D eigenvalue weighted by molar-refractivity contribution is 7.99. The van der Waals surface area contributed by atoms with E-state index in [9.17, 15) is 4.79 Å². The van der Waals surface area contributed by atoms with Crippen molar-refractivity contribution in [2.24, 2.45) is 5.92 Å². The number of nitrogen functional groups attached to an aromatic ring is 1. The van der Waals surface area contributed by atoms with Gasteiger partial charge in [0.15, 0.2) is 0 Å². The lowest BCUT2D eigenvalue weighted by Gasteiger charge is -2.12. The molecule has 0 spiro atoms. The molecule has 0 bridgehead atoms. The number of anilines is 1. The quantitative estimate of drug-likeness (QED) is 0.507. The number of rotatable bonds is 5. The summed E-state index contributed by atoms with van der Waals surface area (Å²) >= 11 is 1.75. The van der Waals surface area contributed by atoms with Gasteiger partial charge in [-0.3, -0.25) is 0 Å². The lowest BCUT2D eigenvalue weighted by atomic mass is 10.1. The zero-order chi connectivity index (χ0) is 13.7. The monoisotopic (exact) mass is 279 g/mol. The van der Waals surface area contributed by atoms with Gasteiger partial charge < -0.3 is 10.5 Å². The minimum atomic E-state index is -0.274. The largest absolute Gasteiger partial charge is 0.462 e. The van der Waals surface area contributed by atoms with Crippen molar-refractivity contribution in [2.75, 3.05) is 18.1 Å². The first-order valence-corrected chi connectivity index (χ1v) is 7.88. The SMILES string of the molecule is CCOC(=O)c1cc(N)ccc1SCC1CCCC1. The van der Waals surface area contributed by atoms with Crippen LogP contribution in [0.15, 0.2) is 23.1 Å². The van der Waals surface area contributed by atoms with Gasteiger partial charge in [0.05, 0.1) is 12.2 Å². The van der Waals surface area contributed by atoms with Crippen molar-refractivity contribution in [1.82, 2.24) is 0 Å². The van der Waals surface area contributed by atoms with Crippen LogP contribution in [0.5, 0.6) is 0 Å². The lowest BCUT2D eigenvalue weighted by Crippen LogP contribution is -2.07. The van der Waals surface area contributed by atoms with Crippen LogP contribution in [0, 0.1) is 5.92 Å². The molecule has 4 heteroatoms. The molecule has 1 aromatic rings. The van der Waals surface area contributed by atoms with E-state index < -0.39 is 0 Å². The summed E-state index contributed by atoms with van der Waals surface area (Å²) in [6.07, 6.45) is 5.32. The Balaban J connectivity index is 2.07. The van der Waals surface area contributed by atoms with Crippen molar-refractivity contribution in [2.45, 2.75) is 37.5 Å². The van der Waals surface area contributed by atoms with E-state index in [1.165, 1.54) is 25.7 Å². The summed E-state index contributed by atoms with van der Waals surface area (Å²) in [5.74, 6) is 1.59. The van der Waals surface area contributed by atoms with Crippen LogP contribution in [0.2, 0.25) is 0 Å². The molecule has 0 heterocycles. The topological polar surface area (TPSA) is 52.3 Å². The Labute approximate surface area is 118 Å². The van der Waals surface area contributed by atoms with Gasteiger partial charge in [-0.2, -0.15) is 0 Å². The van der Waals surface area contributed by atoms with Gasteiger partial charge in [0.1, 0.15) is 0 Å². The molecule has 0 aromatic heterocycles. The zero-order valence-electron chi connectivity index (χ0n) is 11.4. The van der Waals surface area contributed by atoms with Crippen LogP contribution in [0.25, 0.3) is 0 Å². The third kappa shape index (κ3) is 3.90. The van der Waals surface area contributed by atoms with E-state index in [0.717, 1.165) is 16.6 Å². The first kappa shape index (κ1) is 14.3. The fourth-order valence-corrected chi connectivity index (χ4v) is 3.64. The third-order valence-electron chi connectivity index (χ3n) is 3.45. The standard InChI is InChI=1S/C15H21NO2S/c1-2-18-15(17)13-9-12(16)7-8-14(13)19-10-11-5-3-4-6-11/h7-9,11H,2-6,10,16H2,1H3. The average molecular weight is 279 g/mol. The summed E-state index contributed by atoms with van der Waals surface area (Å²) in [4.78, 5) is 12.9. The number of benzene rings is 1. The molecule has 1 aliphatic carbocycles. The van der Waals surface area contributed by atoms with Crippen LogP contribution in [-0.4, -0.2) is 18.3 Å². The third-order valence-corrected chi connectivity index (χ3v) is 4.75. The van der Waals surface area contributed by atoms with Gasteiger partial charge in [-0.25, -0.2) is 4.79 Å². The lowest BCUT2D eigenvalue weighted by molar-refractivity contribution is 0.0522. The molecule has 0 aliphatic heterocycles. The summed E-state index contributed by atoms with van der Waals surface area (Å²) in [5, 5.41) is 0. The number of hydrogen-bond acceptors (Lipinski definition) is 4. The van der Waals surface area contributed by atoms with Gasteiger partial charge in [0.25, 0.3) is 0 Å². The van der Waals surface area contributed by atoms with Gasteiger partial charge >= 0.3 is 5.97 Å². The Morgan fingerprint density at radius 3 is 2.84 bits per heavy atom. The molecule has 19 heavy (non-hydrogen) atoms. The van der Waals surface area contributed by atoms with Gasteiger partial charge in [0.2, 0.25) is 0 Å². The van der Waals surface area contributed by atoms with E-state index in [1.807, 2.05) is 19.1 Å². The Kier molecular flexibility index (Phi) is 5.14. The van der Waals surface area contributed by atoms with Gasteiger partial charge in [0, 0.05) is 16.3 Å². The molecule has 0 unspecified atom stereocenters. The van der Waals surface area contributed by atoms with Gasteiger partial charge in [-0.1, -0.05) is 12.8 Å². The number of nitrogens with two attached hydrogens (primary N) is 1. The zero-order valence-corrected chi connectivity index (χ0v) is 12.2. The number of ether oxygens (including phenoxy) is 1. The molecule has 1 saturated carbocycles. The van der Waals surface area contributed by atoms with Crippen LogP contribution in [0.4, 0.5) is 5.69 Å². The van der Waals surface area contributed by atoms with Crippen molar-refractivity contribution in [1.29, 1.82) is 0 Å². The fourth-order valence-electron chi connectivity index (χ4n) is 2.43. The molecule has 0 atom stereocenters. The molecule has 104 valence electrons. The highest BCUT2D eigenvalue weighted by Gasteiger charge is 2.18. The first-order valence-electron chi connectivity index (χ1n) is 6.90. The first-order chi connectivity index (χ1) is 9.20. The summed E-state index contributed by atoms with van der Waals surface area (Å²) in [5.41, 5.74) is 6.97. The molecule has 0 amide bonds. The predicted octanol–water partition coefficient (Wildman–Crippen LogP) is 3.73. The van der Waals surface area contributed by atoms with Crippen molar-refractivity contribution in [3.8, 4) is 0 Å². The second-order valence-electron chi connectivity index (χ2n) is 4.94. The van der Waals surface area contributed by atoms with Crippen molar-refractivity contribution >= 4 is 23.4 Å². The minimum absolute atomic E-state index is 0.274. The molecule has 1 aliphatic rings. The van der Waals surface area contributed by atoms with Crippen molar-refractivity contribution < 1.29 is 9.53 Å². The van der Waals surface area contributed by atoms with Crippen LogP contribution >= 0.6 is 11.8 Å². The number of esters is 1. The Morgan fingerprint density at radius 1 is 1.42 bits per heavy atom. The normalized spacial score (nSPS) is 15.6. The maximum atomic E-state index is 11.9. The van der Waals surface area contributed by atoms with Crippen molar-refractivity contribution in [3.63, 3.8) is 0 Å². The van der Waals surface area contributed by atoms with Crippen LogP contribution in [-0.2, 0) is 4.74 Å². The molecular weight excluding hydrogens is 258 g/mol. The predicted molar refractivity (Wildman–Crippen MR) is 79.5 cm³/mol. The molecule has 1 aromatic carbocycles. The molecular formula is C15H21NO2S. The van der Waals surface area contributed by atoms with E-state index in [1.54, 1.807) is 17.8 Å². The number of carbonyl (C=O) groups excluding carboxylic acids is 1. The second-order valence-corrected chi connectivity index (χ2v) is 6.00. The Morgan fingerprint density at radius 2 is 2.16 bits per heavy atom. The van der Waals surface area contributed by atoms with E-state index >= 15 is 0 Å². The summed E-state index contributed by atoms with van der Waals surface area (Å²) < 4.78 is 5.09. The van der Waals surface area contributed by atoms with E-state index in [-0.39, 0.29) is 5.97 Å². The highest BCUT2D eigenvalue weighted by atomic mass is 32.2. The second kappa shape index (κ2) is 6.85. The van der Waals surface area contributed by atoms with E-state index in [2.05, 4.69) is 0 Å². The van der Waals surface area contributed by atoms with Crippen LogP contribution < -0.4 is 5.73 Å². The van der Waals surface area contributed by atoms with Gasteiger partial charge in [-0.15, -0.1) is 11.8 Å². The Bertz CT molecular complexity index is 442. The van der Waals surface area contributed by atoms with Gasteiger partial charge in [-0.05, 0) is 43.9 Å². The fraction of sp³-hybridized carbons (Fsp3) is 0.533. The molecule has 2 rings (SSSR count). The maximum absolute atomic E-state index is 11.9.